The molecule has 52 heavy (non-hydrogen) atoms. The van der Waals surface area contributed by atoms with Crippen LogP contribution in [0.1, 0.15) is 82.5 Å². The molecule has 1 aliphatic carbocycles. The Balaban J connectivity index is 0.818. The van der Waals surface area contributed by atoms with Gasteiger partial charge in [0.05, 0.1) is 22.3 Å². The van der Waals surface area contributed by atoms with Gasteiger partial charge in [-0.2, -0.15) is 5.26 Å². The van der Waals surface area contributed by atoms with E-state index < -0.39 is 23.7 Å². The Hall–Kier alpha value is -5.13. The maximum atomic E-state index is 15.3. The molecule has 2 bridgehead atoms. The highest BCUT2D eigenvalue weighted by Crippen LogP contribution is 2.37. The molecule has 6 aliphatic rings. The van der Waals surface area contributed by atoms with Crippen molar-refractivity contribution >= 4 is 41.0 Å². The molecule has 3 aromatic rings. The first-order valence-corrected chi connectivity index (χ1v) is 18.0. The van der Waals surface area contributed by atoms with Crippen molar-refractivity contribution in [2.45, 2.75) is 88.3 Å². The summed E-state index contributed by atoms with van der Waals surface area (Å²) in [6.45, 7) is 2.13. The van der Waals surface area contributed by atoms with Crippen LogP contribution >= 0.6 is 11.6 Å². The number of halogens is 2. The molecule has 2 aromatic carbocycles. The smallest absolute Gasteiger partial charge is 0.272 e. The molecule has 5 aliphatic heterocycles. The molecule has 15 heteroatoms. The zero-order valence-corrected chi connectivity index (χ0v) is 28.9. The van der Waals surface area contributed by atoms with Crippen molar-refractivity contribution < 1.29 is 28.3 Å². The number of imide groups is 1. The summed E-state index contributed by atoms with van der Waals surface area (Å²) >= 11 is 6.13. The van der Waals surface area contributed by atoms with Crippen LogP contribution < -0.4 is 20.3 Å². The van der Waals surface area contributed by atoms with E-state index in [1.165, 1.54) is 11.0 Å². The number of carbonyl (C=O) groups is 4. The number of amides is 4. The molecular formula is C37H36ClFN8O5. The van der Waals surface area contributed by atoms with E-state index in [0.717, 1.165) is 50.8 Å². The first kappa shape index (κ1) is 34.0. The van der Waals surface area contributed by atoms with Gasteiger partial charge in [0, 0.05) is 56.8 Å². The average molecular weight is 727 g/mol. The minimum atomic E-state index is -0.790. The molecule has 9 rings (SSSR count). The van der Waals surface area contributed by atoms with Crippen molar-refractivity contribution in [3.63, 3.8) is 0 Å². The fourth-order valence-electron chi connectivity index (χ4n) is 8.29. The van der Waals surface area contributed by atoms with Crippen LogP contribution in [0.5, 0.6) is 5.75 Å². The number of anilines is 1. The number of piperazine rings is 1. The third-order valence-electron chi connectivity index (χ3n) is 10.8. The Kier molecular flexibility index (Phi) is 9.00. The SMILES string of the molecule is N#Cc1ccc(OC2CCC(NC(=O)c3ccc(N4C5CC4CN(Cc4cc(F)c6c(c4)CN(C4CCC(=O)NC4=O)C6=O)C5)nn3)CC2)cc1Cl. The Morgan fingerprint density at radius 2 is 1.83 bits per heavy atom. The second kappa shape index (κ2) is 13.8. The molecule has 1 saturated carbocycles. The number of ether oxygens (including phenoxy) is 1. The lowest BCUT2D eigenvalue weighted by atomic mass is 9.87. The monoisotopic (exact) mass is 726 g/mol. The fraction of sp³-hybridized carbons (Fsp3) is 0.432. The van der Waals surface area contributed by atoms with Crippen LogP contribution in [0.25, 0.3) is 0 Å². The van der Waals surface area contributed by atoms with Gasteiger partial charge in [-0.25, -0.2) is 4.39 Å². The molecule has 3 unspecified atom stereocenters. The van der Waals surface area contributed by atoms with E-state index in [4.69, 9.17) is 21.6 Å². The molecule has 13 nitrogen and oxygen atoms in total. The van der Waals surface area contributed by atoms with E-state index in [-0.39, 0.29) is 66.7 Å². The lowest BCUT2D eigenvalue weighted by Gasteiger charge is -2.56. The molecule has 1 aromatic heterocycles. The largest absolute Gasteiger partial charge is 0.490 e. The standard InChI is InChI=1S/C37H36ClFN8O5/c38-28-14-27(4-1-21(28)15-40)52-26-5-2-23(3-6-26)41-35(49)30-7-9-32(44-43-30)47-24-13-25(47)19-45(18-24)16-20-11-22-17-46(37(51)34(22)29(39)12-20)31-8-10-33(48)42-36(31)50/h1,4,7,9,11-12,14,23-26,31H,2-3,5-6,8,10,13,16-19H2,(H,41,49)(H,42,48,50). The van der Waals surface area contributed by atoms with E-state index >= 15 is 4.39 Å². The lowest BCUT2D eigenvalue weighted by Crippen LogP contribution is -2.69. The van der Waals surface area contributed by atoms with Crippen molar-refractivity contribution in [3.8, 4) is 11.8 Å². The number of benzene rings is 2. The van der Waals surface area contributed by atoms with Gasteiger partial charge in [0.25, 0.3) is 11.8 Å². The van der Waals surface area contributed by atoms with Crippen LogP contribution in [0.3, 0.4) is 0 Å². The van der Waals surface area contributed by atoms with E-state index in [1.807, 2.05) is 18.2 Å². The zero-order valence-electron chi connectivity index (χ0n) is 28.2. The third kappa shape index (κ3) is 6.54. The highest BCUT2D eigenvalue weighted by molar-refractivity contribution is 6.31. The number of piperidine rings is 2. The quantitative estimate of drug-likeness (QED) is 0.329. The molecule has 0 spiro atoms. The van der Waals surface area contributed by atoms with Crippen molar-refractivity contribution in [2.24, 2.45) is 0 Å². The molecular weight excluding hydrogens is 691 g/mol. The van der Waals surface area contributed by atoms with Crippen molar-refractivity contribution in [1.29, 1.82) is 5.26 Å². The topological polar surface area (TPSA) is 161 Å². The average Bonchev–Trinajstić information content (AvgIpc) is 3.45. The van der Waals surface area contributed by atoms with Crippen LogP contribution in [-0.4, -0.2) is 87.0 Å². The zero-order chi connectivity index (χ0) is 36.1. The molecule has 268 valence electrons. The maximum Gasteiger partial charge on any atom is 0.272 e. The van der Waals surface area contributed by atoms with E-state index in [1.54, 1.807) is 24.3 Å². The second-order valence-corrected chi connectivity index (χ2v) is 14.7. The van der Waals surface area contributed by atoms with E-state index in [9.17, 15) is 19.2 Å². The summed E-state index contributed by atoms with van der Waals surface area (Å²) in [7, 11) is 0. The van der Waals surface area contributed by atoms with Gasteiger partial charge in [-0.05, 0) is 80.0 Å². The highest BCUT2D eigenvalue weighted by Gasteiger charge is 2.46. The first-order valence-electron chi connectivity index (χ1n) is 17.6. The van der Waals surface area contributed by atoms with Gasteiger partial charge < -0.3 is 19.9 Å². The number of fused-ring (bicyclic) bond motifs is 3. The summed E-state index contributed by atoms with van der Waals surface area (Å²) in [5.41, 5.74) is 1.98. The summed E-state index contributed by atoms with van der Waals surface area (Å²) in [4.78, 5) is 55.9. The number of rotatable bonds is 8. The molecule has 5 fully saturated rings. The Morgan fingerprint density at radius 3 is 2.52 bits per heavy atom. The number of aromatic nitrogens is 2. The van der Waals surface area contributed by atoms with Gasteiger partial charge in [0.1, 0.15) is 23.7 Å². The van der Waals surface area contributed by atoms with Crippen LogP contribution in [0, 0.1) is 17.1 Å². The summed E-state index contributed by atoms with van der Waals surface area (Å²) in [6, 6.07) is 13.5. The molecule has 4 saturated heterocycles. The van der Waals surface area contributed by atoms with Crippen LogP contribution in [0.15, 0.2) is 42.5 Å². The summed E-state index contributed by atoms with van der Waals surface area (Å²) in [5.74, 6) is -0.923. The van der Waals surface area contributed by atoms with Gasteiger partial charge >= 0.3 is 0 Å². The first-order chi connectivity index (χ1) is 25.1. The fourth-order valence-corrected chi connectivity index (χ4v) is 8.50. The summed E-state index contributed by atoms with van der Waals surface area (Å²) < 4.78 is 21.3. The molecule has 4 amide bonds. The molecule has 2 N–H and O–H groups in total. The molecule has 0 radical (unpaired) electrons. The minimum absolute atomic E-state index is 0.000921. The number of hydrogen-bond acceptors (Lipinski definition) is 10. The highest BCUT2D eigenvalue weighted by atomic mass is 35.5. The van der Waals surface area contributed by atoms with Gasteiger partial charge in [0.15, 0.2) is 11.5 Å². The number of nitrogens with one attached hydrogen (secondary N) is 2. The van der Waals surface area contributed by atoms with Crippen LogP contribution in [0.4, 0.5) is 10.2 Å². The number of nitrogens with zero attached hydrogens (tertiary/aromatic N) is 6. The summed E-state index contributed by atoms with van der Waals surface area (Å²) in [5, 5.41) is 23.5. The second-order valence-electron chi connectivity index (χ2n) is 14.3. The predicted molar refractivity (Wildman–Crippen MR) is 185 cm³/mol. The lowest BCUT2D eigenvalue weighted by molar-refractivity contribution is -0.136. The molecule has 6 heterocycles. The van der Waals surface area contributed by atoms with E-state index in [2.05, 4.69) is 30.6 Å². The minimum Gasteiger partial charge on any atom is -0.490 e. The Morgan fingerprint density at radius 1 is 1.04 bits per heavy atom. The van der Waals surface area contributed by atoms with Crippen molar-refractivity contribution in [1.82, 2.24) is 30.6 Å². The third-order valence-corrected chi connectivity index (χ3v) is 11.1. The van der Waals surface area contributed by atoms with E-state index in [0.29, 0.717) is 34.3 Å². The van der Waals surface area contributed by atoms with Gasteiger partial charge in [0.2, 0.25) is 11.8 Å². The number of hydrogen-bond donors (Lipinski definition) is 2. The molecule has 3 atom stereocenters. The van der Waals surface area contributed by atoms with Crippen LogP contribution in [0.2, 0.25) is 5.02 Å². The van der Waals surface area contributed by atoms with Gasteiger partial charge in [-0.15, -0.1) is 10.2 Å². The number of carbonyl (C=O) groups excluding carboxylic acids is 4. The summed E-state index contributed by atoms with van der Waals surface area (Å²) in [6.07, 6.45) is 4.43. The predicted octanol–water partition coefficient (Wildman–Crippen LogP) is 3.48. The van der Waals surface area contributed by atoms with Gasteiger partial charge in [-0.3, -0.25) is 29.4 Å². The van der Waals surface area contributed by atoms with Crippen molar-refractivity contribution in [3.05, 3.63) is 81.3 Å². The maximum absolute atomic E-state index is 15.3. The Bertz CT molecular complexity index is 1990. The van der Waals surface area contributed by atoms with Gasteiger partial charge in [-0.1, -0.05) is 17.7 Å². The normalized spacial score (nSPS) is 25.6. The number of nitriles is 1. The van der Waals surface area contributed by atoms with Crippen LogP contribution in [-0.2, 0) is 22.7 Å². The van der Waals surface area contributed by atoms with Crippen molar-refractivity contribution in [2.75, 3.05) is 18.0 Å². The Labute approximate surface area is 304 Å².